The first kappa shape index (κ1) is 12.5. The molecule has 0 saturated carbocycles. The molecule has 1 aliphatic rings. The highest BCUT2D eigenvalue weighted by molar-refractivity contribution is 6.24. The molecule has 19 heavy (non-hydrogen) atoms. The molecular weight excluding hydrogens is 233 g/mol. The zero-order chi connectivity index (χ0) is 13.1. The fraction of sp³-hybridized carbons (Fsp3) is 0.250. The molecule has 0 N–H and O–H groups in total. The van der Waals surface area contributed by atoms with Crippen molar-refractivity contribution in [2.24, 2.45) is 0 Å². The smallest absolute Gasteiger partial charge is 0.399 e. The molecule has 3 rings (SSSR count). The molecule has 0 spiro atoms. The first-order chi connectivity index (χ1) is 9.34. The van der Waals surface area contributed by atoms with E-state index < -0.39 is 0 Å². The van der Waals surface area contributed by atoms with E-state index >= 15 is 0 Å². The fourth-order valence-corrected chi connectivity index (χ4v) is 2.50. The Morgan fingerprint density at radius 2 is 1.63 bits per heavy atom. The van der Waals surface area contributed by atoms with Crippen LogP contribution in [0.5, 0.6) is 0 Å². The average Bonchev–Trinajstić information content (AvgIpc) is 2.82. The summed E-state index contributed by atoms with van der Waals surface area (Å²) in [6, 6.07) is 21.3. The standard InChI is InChI=1S/C16H17BNO/c1-13-16(15-10-6-3-7-11-15)19-17-18(13)12-14-8-4-2-5-9-14/h2-11,13,16H,12H2,1H3/t13-,16-/m0/s1. The van der Waals surface area contributed by atoms with Gasteiger partial charge in [-0.3, -0.25) is 0 Å². The minimum absolute atomic E-state index is 0.130. The van der Waals surface area contributed by atoms with Crippen molar-refractivity contribution in [3.05, 3.63) is 71.8 Å². The lowest BCUT2D eigenvalue weighted by atomic mass is 10.0. The van der Waals surface area contributed by atoms with E-state index in [-0.39, 0.29) is 6.10 Å². The summed E-state index contributed by atoms with van der Waals surface area (Å²) < 4.78 is 5.84. The van der Waals surface area contributed by atoms with Crippen LogP contribution < -0.4 is 0 Å². The number of hydrogen-bond acceptors (Lipinski definition) is 2. The molecule has 0 aromatic heterocycles. The van der Waals surface area contributed by atoms with Crippen LogP contribution in [0.3, 0.4) is 0 Å². The second kappa shape index (κ2) is 5.60. The van der Waals surface area contributed by atoms with Crippen LogP contribution in [0.2, 0.25) is 0 Å². The molecule has 1 aliphatic heterocycles. The predicted molar refractivity (Wildman–Crippen MR) is 77.5 cm³/mol. The molecule has 1 fully saturated rings. The Kier molecular flexibility index (Phi) is 3.67. The van der Waals surface area contributed by atoms with Crippen molar-refractivity contribution in [1.82, 2.24) is 4.81 Å². The second-order valence-electron chi connectivity index (χ2n) is 4.97. The second-order valence-corrected chi connectivity index (χ2v) is 4.97. The van der Waals surface area contributed by atoms with Gasteiger partial charge in [-0.25, -0.2) is 0 Å². The van der Waals surface area contributed by atoms with Crippen LogP contribution in [0.1, 0.15) is 24.2 Å². The molecule has 1 heterocycles. The van der Waals surface area contributed by atoms with Crippen molar-refractivity contribution < 1.29 is 4.65 Å². The maximum atomic E-state index is 5.84. The molecule has 2 aromatic rings. The highest BCUT2D eigenvalue weighted by Crippen LogP contribution is 2.30. The Balaban J connectivity index is 1.71. The van der Waals surface area contributed by atoms with E-state index in [0.717, 1.165) is 6.54 Å². The summed E-state index contributed by atoms with van der Waals surface area (Å²) >= 11 is 0. The molecular formula is C16H17BNO. The minimum atomic E-state index is 0.130. The van der Waals surface area contributed by atoms with Crippen molar-refractivity contribution in [3.8, 4) is 0 Å². The van der Waals surface area contributed by atoms with Crippen LogP contribution in [-0.2, 0) is 11.2 Å². The van der Waals surface area contributed by atoms with Crippen LogP contribution in [0.25, 0.3) is 0 Å². The Hall–Kier alpha value is -1.58. The van der Waals surface area contributed by atoms with Gasteiger partial charge in [0.25, 0.3) is 0 Å². The van der Waals surface area contributed by atoms with Gasteiger partial charge in [0, 0.05) is 12.6 Å². The van der Waals surface area contributed by atoms with Crippen LogP contribution in [0.4, 0.5) is 0 Å². The maximum absolute atomic E-state index is 5.84. The van der Waals surface area contributed by atoms with E-state index in [1.165, 1.54) is 11.1 Å². The van der Waals surface area contributed by atoms with E-state index in [4.69, 9.17) is 4.65 Å². The van der Waals surface area contributed by atoms with Gasteiger partial charge in [0.1, 0.15) is 0 Å². The summed E-state index contributed by atoms with van der Waals surface area (Å²) in [5.74, 6) is 0. The average molecular weight is 250 g/mol. The number of rotatable bonds is 3. The minimum Gasteiger partial charge on any atom is -0.415 e. The molecule has 0 unspecified atom stereocenters. The van der Waals surface area contributed by atoms with E-state index in [9.17, 15) is 0 Å². The van der Waals surface area contributed by atoms with Gasteiger partial charge in [-0.1, -0.05) is 60.7 Å². The van der Waals surface area contributed by atoms with Crippen LogP contribution >= 0.6 is 0 Å². The zero-order valence-electron chi connectivity index (χ0n) is 11.1. The van der Waals surface area contributed by atoms with Gasteiger partial charge in [-0.15, -0.1) is 0 Å². The SMILES string of the molecule is C[C@H]1[C@@H](c2ccccc2)O[B]N1Cc1ccccc1. The van der Waals surface area contributed by atoms with Gasteiger partial charge in [0.15, 0.2) is 0 Å². The van der Waals surface area contributed by atoms with E-state index in [1.807, 2.05) is 19.7 Å². The lowest BCUT2D eigenvalue weighted by Crippen LogP contribution is -2.30. The summed E-state index contributed by atoms with van der Waals surface area (Å²) in [6.07, 6.45) is 0.130. The van der Waals surface area contributed by atoms with Gasteiger partial charge in [-0.2, -0.15) is 0 Å². The molecule has 3 heteroatoms. The number of benzene rings is 2. The van der Waals surface area contributed by atoms with Crippen molar-refractivity contribution in [3.63, 3.8) is 0 Å². The monoisotopic (exact) mass is 250 g/mol. The van der Waals surface area contributed by atoms with Crippen molar-refractivity contribution in [2.75, 3.05) is 0 Å². The summed E-state index contributed by atoms with van der Waals surface area (Å²) in [7, 11) is 1.87. The third-order valence-corrected chi connectivity index (χ3v) is 3.64. The molecule has 1 radical (unpaired) electrons. The maximum Gasteiger partial charge on any atom is 0.399 e. The topological polar surface area (TPSA) is 12.5 Å². The summed E-state index contributed by atoms with van der Waals surface area (Å²) in [6.45, 7) is 3.11. The fourth-order valence-electron chi connectivity index (χ4n) is 2.50. The normalized spacial score (nSPS) is 23.2. The predicted octanol–water partition coefficient (Wildman–Crippen LogP) is 3.18. The quantitative estimate of drug-likeness (QED) is 0.775. The van der Waals surface area contributed by atoms with Crippen molar-refractivity contribution in [1.29, 1.82) is 0 Å². The van der Waals surface area contributed by atoms with Crippen LogP contribution in [-0.4, -0.2) is 18.5 Å². The summed E-state index contributed by atoms with van der Waals surface area (Å²) in [5, 5.41) is 0. The lowest BCUT2D eigenvalue weighted by Gasteiger charge is -2.23. The van der Waals surface area contributed by atoms with Crippen molar-refractivity contribution >= 4 is 7.62 Å². The summed E-state index contributed by atoms with van der Waals surface area (Å²) in [4.78, 5) is 2.26. The Bertz CT molecular complexity index is 517. The Labute approximate surface area is 115 Å². The number of nitrogens with zero attached hydrogens (tertiary/aromatic N) is 1. The van der Waals surface area contributed by atoms with Crippen LogP contribution in [0.15, 0.2) is 60.7 Å². The highest BCUT2D eigenvalue weighted by Gasteiger charge is 2.33. The third-order valence-electron chi connectivity index (χ3n) is 3.64. The van der Waals surface area contributed by atoms with Gasteiger partial charge in [0.05, 0.1) is 6.10 Å². The highest BCUT2D eigenvalue weighted by atomic mass is 16.5. The molecule has 1 saturated heterocycles. The van der Waals surface area contributed by atoms with Gasteiger partial charge in [0.2, 0.25) is 0 Å². The van der Waals surface area contributed by atoms with Crippen LogP contribution in [0, 0.1) is 0 Å². The first-order valence-electron chi connectivity index (χ1n) is 6.68. The third kappa shape index (κ3) is 2.72. The van der Waals surface area contributed by atoms with E-state index in [2.05, 4.69) is 60.3 Å². The first-order valence-corrected chi connectivity index (χ1v) is 6.68. The largest absolute Gasteiger partial charge is 0.415 e. The van der Waals surface area contributed by atoms with E-state index in [1.54, 1.807) is 0 Å². The molecule has 0 bridgehead atoms. The zero-order valence-corrected chi connectivity index (χ0v) is 11.1. The lowest BCUT2D eigenvalue weighted by molar-refractivity contribution is 0.206. The van der Waals surface area contributed by atoms with Gasteiger partial charge in [-0.05, 0) is 18.1 Å². The van der Waals surface area contributed by atoms with Crippen molar-refractivity contribution in [2.45, 2.75) is 25.6 Å². The molecule has 0 amide bonds. The molecule has 2 atom stereocenters. The Morgan fingerprint density at radius 3 is 2.32 bits per heavy atom. The van der Waals surface area contributed by atoms with Gasteiger partial charge < -0.3 is 9.47 Å². The summed E-state index contributed by atoms with van der Waals surface area (Å²) in [5.41, 5.74) is 2.55. The Morgan fingerprint density at radius 1 is 1.00 bits per heavy atom. The van der Waals surface area contributed by atoms with Gasteiger partial charge >= 0.3 is 7.62 Å². The molecule has 2 aromatic carbocycles. The van der Waals surface area contributed by atoms with E-state index in [0.29, 0.717) is 6.04 Å². The molecule has 95 valence electrons. The number of hydrogen-bond donors (Lipinski definition) is 0. The molecule has 0 aliphatic carbocycles. The molecule has 2 nitrogen and oxygen atoms in total.